The van der Waals surface area contributed by atoms with Crippen molar-refractivity contribution < 1.29 is 14.2 Å². The van der Waals surface area contributed by atoms with E-state index < -0.39 is 0 Å². The maximum atomic E-state index is 5.87. The van der Waals surface area contributed by atoms with Crippen molar-refractivity contribution in [2.75, 3.05) is 40.4 Å². The molecule has 1 aromatic rings. The molecule has 2 fully saturated rings. The molecular weight excluding hydrogens is 316 g/mol. The number of rotatable bonds is 5. The van der Waals surface area contributed by atoms with Crippen LogP contribution >= 0.6 is 0 Å². The van der Waals surface area contributed by atoms with Crippen molar-refractivity contribution in [2.24, 2.45) is 0 Å². The number of morpholine rings is 1. The van der Waals surface area contributed by atoms with Crippen molar-refractivity contribution in [3.05, 3.63) is 23.8 Å². The van der Waals surface area contributed by atoms with E-state index in [1.54, 1.807) is 14.2 Å². The number of nitrogens with zero attached hydrogens (tertiary/aromatic N) is 2. The Morgan fingerprint density at radius 2 is 1.64 bits per heavy atom. The molecule has 140 valence electrons. The van der Waals surface area contributed by atoms with E-state index in [4.69, 9.17) is 14.2 Å². The molecule has 1 aromatic carbocycles. The number of ether oxygens (including phenoxy) is 3. The summed E-state index contributed by atoms with van der Waals surface area (Å²) in [7, 11) is 3.37. The Bertz CT molecular complexity index is 548. The van der Waals surface area contributed by atoms with Gasteiger partial charge in [0.05, 0.1) is 26.4 Å². The first-order chi connectivity index (χ1) is 12.1. The van der Waals surface area contributed by atoms with E-state index in [0.29, 0.717) is 18.2 Å². The molecule has 2 atom stereocenters. The Kier molecular flexibility index (Phi) is 6.20. The molecule has 5 nitrogen and oxygen atoms in total. The first-order valence-corrected chi connectivity index (χ1v) is 9.41. The smallest absolute Gasteiger partial charge is 0.161 e. The molecular formula is C20H32N2O3. The van der Waals surface area contributed by atoms with Gasteiger partial charge in [-0.05, 0) is 57.5 Å². The Hall–Kier alpha value is -1.30. The Morgan fingerprint density at radius 1 is 1.00 bits per heavy atom. The van der Waals surface area contributed by atoms with Gasteiger partial charge in [-0.2, -0.15) is 0 Å². The summed E-state index contributed by atoms with van der Waals surface area (Å²) in [4.78, 5) is 5.19. The van der Waals surface area contributed by atoms with Crippen LogP contribution in [0.15, 0.2) is 18.2 Å². The van der Waals surface area contributed by atoms with Gasteiger partial charge in [-0.1, -0.05) is 6.07 Å². The minimum atomic E-state index is 0.355. The van der Waals surface area contributed by atoms with Gasteiger partial charge in [-0.3, -0.25) is 9.80 Å². The fourth-order valence-corrected chi connectivity index (χ4v) is 4.20. The minimum absolute atomic E-state index is 0.355. The van der Waals surface area contributed by atoms with Crippen molar-refractivity contribution in [3.8, 4) is 11.5 Å². The van der Waals surface area contributed by atoms with Crippen molar-refractivity contribution >= 4 is 0 Å². The third-order valence-electron chi connectivity index (χ3n) is 5.38. The maximum absolute atomic E-state index is 5.87. The van der Waals surface area contributed by atoms with Crippen LogP contribution in [0.1, 0.15) is 32.3 Å². The van der Waals surface area contributed by atoms with E-state index >= 15 is 0 Å². The SMILES string of the molecule is COc1ccc(CN2CCC(N3C[C@@H](C)O[C@@H](C)C3)CC2)cc1OC. The van der Waals surface area contributed by atoms with Crippen LogP contribution in [0.25, 0.3) is 0 Å². The number of piperidine rings is 1. The Balaban J connectivity index is 1.52. The summed E-state index contributed by atoms with van der Waals surface area (Å²) in [5, 5.41) is 0. The maximum Gasteiger partial charge on any atom is 0.161 e. The van der Waals surface area contributed by atoms with Crippen LogP contribution in [0.3, 0.4) is 0 Å². The standard InChI is InChI=1S/C20H32N2O3/c1-15-12-22(13-16(2)25-15)18-7-9-21(10-8-18)14-17-5-6-19(23-3)20(11-17)24-4/h5-6,11,15-16,18H,7-10,12-14H2,1-4H3/t15-,16+. The largest absolute Gasteiger partial charge is 0.493 e. The molecule has 0 unspecified atom stereocenters. The molecule has 2 aliphatic heterocycles. The van der Waals surface area contributed by atoms with Gasteiger partial charge in [0.1, 0.15) is 0 Å². The van der Waals surface area contributed by atoms with Crippen LogP contribution < -0.4 is 9.47 Å². The van der Waals surface area contributed by atoms with Gasteiger partial charge in [0.2, 0.25) is 0 Å². The molecule has 0 saturated carbocycles. The zero-order chi connectivity index (χ0) is 17.8. The second-order valence-corrected chi connectivity index (χ2v) is 7.41. The van der Waals surface area contributed by atoms with E-state index in [2.05, 4.69) is 35.8 Å². The van der Waals surface area contributed by atoms with E-state index in [1.807, 2.05) is 6.07 Å². The molecule has 0 spiro atoms. The highest BCUT2D eigenvalue weighted by atomic mass is 16.5. The molecule has 0 aromatic heterocycles. The summed E-state index contributed by atoms with van der Waals surface area (Å²) >= 11 is 0. The highest BCUT2D eigenvalue weighted by Gasteiger charge is 2.30. The van der Waals surface area contributed by atoms with Crippen LogP contribution in [0.2, 0.25) is 0 Å². The highest BCUT2D eigenvalue weighted by molar-refractivity contribution is 5.42. The van der Waals surface area contributed by atoms with Crippen molar-refractivity contribution in [2.45, 2.75) is 51.5 Å². The fourth-order valence-electron chi connectivity index (χ4n) is 4.20. The highest BCUT2D eigenvalue weighted by Crippen LogP contribution is 2.29. The number of benzene rings is 1. The molecule has 2 saturated heterocycles. The lowest BCUT2D eigenvalue weighted by molar-refractivity contribution is -0.0865. The Morgan fingerprint density at radius 3 is 2.24 bits per heavy atom. The van der Waals surface area contributed by atoms with Gasteiger partial charge < -0.3 is 14.2 Å². The topological polar surface area (TPSA) is 34.2 Å². The van der Waals surface area contributed by atoms with Crippen LogP contribution in [-0.2, 0) is 11.3 Å². The Labute approximate surface area is 151 Å². The number of likely N-dealkylation sites (tertiary alicyclic amines) is 1. The summed E-state index contributed by atoms with van der Waals surface area (Å²) in [5.74, 6) is 1.60. The van der Waals surface area contributed by atoms with Crippen LogP contribution in [0.5, 0.6) is 11.5 Å². The lowest BCUT2D eigenvalue weighted by atomic mass is 10.0. The van der Waals surface area contributed by atoms with Gasteiger partial charge in [-0.25, -0.2) is 0 Å². The normalized spacial score (nSPS) is 26.6. The first kappa shape index (κ1) is 18.5. The van der Waals surface area contributed by atoms with Crippen LogP contribution in [0.4, 0.5) is 0 Å². The second kappa shape index (κ2) is 8.39. The summed E-state index contributed by atoms with van der Waals surface area (Å²) < 4.78 is 16.6. The van der Waals surface area contributed by atoms with Gasteiger partial charge in [0.25, 0.3) is 0 Å². The quantitative estimate of drug-likeness (QED) is 0.817. The summed E-state index contributed by atoms with van der Waals surface area (Å²) in [6.07, 6.45) is 3.20. The molecule has 25 heavy (non-hydrogen) atoms. The summed E-state index contributed by atoms with van der Waals surface area (Å²) in [5.41, 5.74) is 1.28. The molecule has 3 rings (SSSR count). The first-order valence-electron chi connectivity index (χ1n) is 9.41. The third kappa shape index (κ3) is 4.66. The molecule has 2 aliphatic rings. The zero-order valence-electron chi connectivity index (χ0n) is 16.0. The monoisotopic (exact) mass is 348 g/mol. The number of hydrogen-bond donors (Lipinski definition) is 0. The predicted octanol–water partition coefficient (Wildman–Crippen LogP) is 2.78. The van der Waals surface area contributed by atoms with Gasteiger partial charge in [0.15, 0.2) is 11.5 Å². The molecule has 0 N–H and O–H groups in total. The minimum Gasteiger partial charge on any atom is -0.493 e. The third-order valence-corrected chi connectivity index (χ3v) is 5.38. The van der Waals surface area contributed by atoms with Gasteiger partial charge in [-0.15, -0.1) is 0 Å². The molecule has 2 heterocycles. The van der Waals surface area contributed by atoms with Crippen molar-refractivity contribution in [1.29, 1.82) is 0 Å². The van der Waals surface area contributed by atoms with Gasteiger partial charge >= 0.3 is 0 Å². The summed E-state index contributed by atoms with van der Waals surface area (Å²) in [6.45, 7) is 9.81. The number of methoxy groups -OCH3 is 2. The van der Waals surface area contributed by atoms with E-state index in [0.717, 1.165) is 44.2 Å². The van der Waals surface area contributed by atoms with Crippen LogP contribution in [-0.4, -0.2) is 68.4 Å². The van der Waals surface area contributed by atoms with E-state index in [9.17, 15) is 0 Å². The average Bonchev–Trinajstić information content (AvgIpc) is 2.61. The molecule has 0 radical (unpaired) electrons. The van der Waals surface area contributed by atoms with Gasteiger partial charge in [0, 0.05) is 25.7 Å². The lowest BCUT2D eigenvalue weighted by Gasteiger charge is -2.43. The predicted molar refractivity (Wildman–Crippen MR) is 99.4 cm³/mol. The molecule has 0 aliphatic carbocycles. The number of hydrogen-bond acceptors (Lipinski definition) is 5. The van der Waals surface area contributed by atoms with Crippen LogP contribution in [0, 0.1) is 0 Å². The lowest BCUT2D eigenvalue weighted by Crippen LogP contribution is -2.53. The average molecular weight is 348 g/mol. The molecule has 0 amide bonds. The second-order valence-electron chi connectivity index (χ2n) is 7.41. The zero-order valence-corrected chi connectivity index (χ0v) is 16.0. The fraction of sp³-hybridized carbons (Fsp3) is 0.700. The molecule has 5 heteroatoms. The molecule has 0 bridgehead atoms. The van der Waals surface area contributed by atoms with Crippen molar-refractivity contribution in [1.82, 2.24) is 9.80 Å². The van der Waals surface area contributed by atoms with E-state index in [-0.39, 0.29) is 0 Å². The summed E-state index contributed by atoms with van der Waals surface area (Å²) in [6, 6.07) is 6.93. The van der Waals surface area contributed by atoms with Crippen molar-refractivity contribution in [3.63, 3.8) is 0 Å². The van der Waals surface area contributed by atoms with E-state index in [1.165, 1.54) is 18.4 Å².